The quantitative estimate of drug-likeness (QED) is 0.675. The molecule has 2 unspecified atom stereocenters. The Hall–Kier alpha value is -0.410. The fraction of sp³-hybridized carbons (Fsp3) is 0.909. The molecule has 0 saturated heterocycles. The van der Waals surface area contributed by atoms with Crippen LogP contribution in [-0.2, 0) is 0 Å². The second kappa shape index (κ2) is 9.79. The van der Waals surface area contributed by atoms with Crippen molar-refractivity contribution in [3.8, 4) is 0 Å². The summed E-state index contributed by atoms with van der Waals surface area (Å²) in [7, 11) is 8.07. The van der Waals surface area contributed by atoms with E-state index in [9.17, 15) is 0 Å². The lowest BCUT2D eigenvalue weighted by molar-refractivity contribution is 0.290. The predicted octanol–water partition coefficient (Wildman–Crippen LogP) is 2.18. The van der Waals surface area contributed by atoms with Crippen LogP contribution in [0, 0.1) is 0 Å². The molecule has 0 aromatic heterocycles. The van der Waals surface area contributed by atoms with Crippen LogP contribution < -0.4 is 0 Å². The third-order valence-corrected chi connectivity index (χ3v) is 2.34. The normalized spacial score (nSPS) is 14.0. The molecule has 0 aliphatic rings. The Morgan fingerprint density at radius 1 is 0.875 bits per heavy atom. The lowest BCUT2D eigenvalue weighted by Crippen LogP contribution is -2.26. The summed E-state index contributed by atoms with van der Waals surface area (Å²) in [5.41, 5.74) is 0. The average molecular weight is 249 g/mol. The van der Waals surface area contributed by atoms with Crippen molar-refractivity contribution in [1.82, 2.24) is 9.80 Å². The molecule has 2 atom stereocenters. The van der Waals surface area contributed by atoms with Crippen LogP contribution in [0.15, 0.2) is 9.98 Å². The summed E-state index contributed by atoms with van der Waals surface area (Å²) in [6.45, 7) is 4.22. The Bertz CT molecular complexity index is 202. The van der Waals surface area contributed by atoms with Crippen LogP contribution in [0.4, 0.5) is 0 Å². The third kappa shape index (κ3) is 6.96. The van der Waals surface area contributed by atoms with Gasteiger partial charge in [-0.05, 0) is 41.0 Å². The molecule has 0 aromatic rings. The highest BCUT2D eigenvalue weighted by Gasteiger charge is 2.06. The SMILES string of the molecule is CCC(N=C=NC(CC)N(C)C)N(C)C.Cl. The average Bonchev–Trinajstić information content (AvgIpc) is 2.17. The fourth-order valence-corrected chi connectivity index (χ4v) is 1.31. The van der Waals surface area contributed by atoms with E-state index in [2.05, 4.69) is 39.6 Å². The van der Waals surface area contributed by atoms with Crippen LogP contribution in [0.5, 0.6) is 0 Å². The zero-order valence-electron chi connectivity index (χ0n) is 11.3. The van der Waals surface area contributed by atoms with Crippen molar-refractivity contribution in [2.24, 2.45) is 9.98 Å². The topological polar surface area (TPSA) is 31.2 Å². The Morgan fingerprint density at radius 3 is 1.38 bits per heavy atom. The minimum atomic E-state index is 0. The van der Waals surface area contributed by atoms with Gasteiger partial charge in [-0.25, -0.2) is 9.98 Å². The first-order valence-electron chi connectivity index (χ1n) is 5.50. The molecule has 0 aliphatic heterocycles. The van der Waals surface area contributed by atoms with Crippen LogP contribution in [0.25, 0.3) is 0 Å². The minimum Gasteiger partial charge on any atom is -0.287 e. The molecule has 0 N–H and O–H groups in total. The molecule has 0 radical (unpaired) electrons. The monoisotopic (exact) mass is 248 g/mol. The van der Waals surface area contributed by atoms with E-state index in [-0.39, 0.29) is 24.7 Å². The fourth-order valence-electron chi connectivity index (χ4n) is 1.31. The van der Waals surface area contributed by atoms with Gasteiger partial charge in [0, 0.05) is 0 Å². The van der Waals surface area contributed by atoms with Crippen LogP contribution >= 0.6 is 12.4 Å². The summed E-state index contributed by atoms with van der Waals surface area (Å²) in [5, 5.41) is 0. The number of rotatable bonds is 6. The van der Waals surface area contributed by atoms with Crippen molar-refractivity contribution in [2.75, 3.05) is 28.2 Å². The second-order valence-electron chi connectivity index (χ2n) is 4.06. The maximum absolute atomic E-state index is 4.29. The maximum atomic E-state index is 4.29. The lowest BCUT2D eigenvalue weighted by Gasteiger charge is -2.17. The van der Waals surface area contributed by atoms with Gasteiger partial charge in [-0.1, -0.05) is 13.8 Å². The molecule has 16 heavy (non-hydrogen) atoms. The number of hydrogen-bond donors (Lipinski definition) is 0. The third-order valence-electron chi connectivity index (χ3n) is 2.34. The summed E-state index contributed by atoms with van der Waals surface area (Å²) in [4.78, 5) is 12.7. The predicted molar refractivity (Wildman–Crippen MR) is 72.6 cm³/mol. The van der Waals surface area contributed by atoms with Gasteiger partial charge in [-0.3, -0.25) is 9.80 Å². The molecule has 5 heteroatoms. The van der Waals surface area contributed by atoms with E-state index < -0.39 is 0 Å². The number of halogens is 1. The molecule has 0 bridgehead atoms. The van der Waals surface area contributed by atoms with Crippen molar-refractivity contribution in [1.29, 1.82) is 0 Å². The summed E-state index contributed by atoms with van der Waals surface area (Å²) in [5.74, 6) is 0. The molecule has 96 valence electrons. The van der Waals surface area contributed by atoms with Gasteiger partial charge in [-0.15, -0.1) is 12.4 Å². The number of nitrogens with zero attached hydrogens (tertiary/aromatic N) is 4. The van der Waals surface area contributed by atoms with E-state index >= 15 is 0 Å². The van der Waals surface area contributed by atoms with Gasteiger partial charge in [0.2, 0.25) is 0 Å². The Balaban J connectivity index is 0. The van der Waals surface area contributed by atoms with E-state index in [4.69, 9.17) is 0 Å². The smallest absolute Gasteiger partial charge is 0.112 e. The van der Waals surface area contributed by atoms with Crippen molar-refractivity contribution < 1.29 is 0 Å². The molecular weight excluding hydrogens is 224 g/mol. The van der Waals surface area contributed by atoms with Crippen LogP contribution in [-0.4, -0.2) is 56.3 Å². The van der Waals surface area contributed by atoms with Gasteiger partial charge in [-0.2, -0.15) is 0 Å². The molecule has 0 saturated carbocycles. The zero-order chi connectivity index (χ0) is 11.8. The van der Waals surface area contributed by atoms with Gasteiger partial charge in [0.15, 0.2) is 0 Å². The highest BCUT2D eigenvalue weighted by Crippen LogP contribution is 2.01. The standard InChI is InChI=1S/C11H24N4.ClH/c1-7-10(14(3)4)12-9-13-11(8-2)15(5)6;/h10-11H,7-8H2,1-6H3;1H. The first-order chi connectivity index (χ1) is 7.02. The lowest BCUT2D eigenvalue weighted by atomic mass is 10.3. The zero-order valence-corrected chi connectivity index (χ0v) is 12.1. The van der Waals surface area contributed by atoms with E-state index in [1.807, 2.05) is 28.2 Å². The van der Waals surface area contributed by atoms with E-state index in [1.54, 1.807) is 0 Å². The van der Waals surface area contributed by atoms with Gasteiger partial charge in [0.25, 0.3) is 0 Å². The first-order valence-corrected chi connectivity index (χ1v) is 5.50. The molecule has 0 fully saturated rings. The Kier molecular flexibility index (Phi) is 11.0. The highest BCUT2D eigenvalue weighted by molar-refractivity contribution is 5.85. The van der Waals surface area contributed by atoms with Gasteiger partial charge in [0.1, 0.15) is 12.3 Å². The van der Waals surface area contributed by atoms with Gasteiger partial charge < -0.3 is 0 Å². The molecule has 0 aliphatic carbocycles. The van der Waals surface area contributed by atoms with Crippen molar-refractivity contribution in [3.05, 3.63) is 0 Å². The number of aliphatic imine (C=N–C) groups is 2. The molecular formula is C11H25ClN4. The van der Waals surface area contributed by atoms with E-state index in [1.165, 1.54) is 0 Å². The van der Waals surface area contributed by atoms with Gasteiger partial charge in [0.05, 0.1) is 6.01 Å². The highest BCUT2D eigenvalue weighted by atomic mass is 35.5. The summed E-state index contributed by atoms with van der Waals surface area (Å²) in [6, 6.07) is 2.82. The number of hydrogen-bond acceptors (Lipinski definition) is 4. The van der Waals surface area contributed by atoms with Crippen molar-refractivity contribution in [3.63, 3.8) is 0 Å². The Morgan fingerprint density at radius 2 is 1.19 bits per heavy atom. The minimum absolute atomic E-state index is 0. The molecule has 4 nitrogen and oxygen atoms in total. The summed E-state index contributed by atoms with van der Waals surface area (Å²) in [6.07, 6.45) is 2.34. The molecule has 0 spiro atoms. The molecule has 0 amide bonds. The largest absolute Gasteiger partial charge is 0.287 e. The first kappa shape index (κ1) is 18.0. The Labute approximate surface area is 106 Å². The van der Waals surface area contributed by atoms with Crippen LogP contribution in [0.1, 0.15) is 26.7 Å². The summed E-state index contributed by atoms with van der Waals surface area (Å²) < 4.78 is 0. The molecule has 0 aromatic carbocycles. The molecule has 0 rings (SSSR count). The summed E-state index contributed by atoms with van der Waals surface area (Å²) >= 11 is 0. The van der Waals surface area contributed by atoms with Crippen LogP contribution in [0.2, 0.25) is 0 Å². The second-order valence-corrected chi connectivity index (χ2v) is 4.06. The van der Waals surface area contributed by atoms with Crippen LogP contribution in [0.3, 0.4) is 0 Å². The van der Waals surface area contributed by atoms with Gasteiger partial charge >= 0.3 is 0 Å². The van der Waals surface area contributed by atoms with E-state index in [0.29, 0.717) is 0 Å². The van der Waals surface area contributed by atoms with Crippen molar-refractivity contribution in [2.45, 2.75) is 39.0 Å². The molecule has 0 heterocycles. The maximum Gasteiger partial charge on any atom is 0.112 e. The van der Waals surface area contributed by atoms with E-state index in [0.717, 1.165) is 12.8 Å². The van der Waals surface area contributed by atoms with Crippen molar-refractivity contribution >= 4 is 18.4 Å².